The summed E-state index contributed by atoms with van der Waals surface area (Å²) >= 11 is 0. The lowest BCUT2D eigenvalue weighted by molar-refractivity contribution is -0.136. The molecule has 1 atom stereocenters. The zero-order valence-electron chi connectivity index (χ0n) is 15.3. The molecule has 1 amide bonds. The Kier molecular flexibility index (Phi) is 6.31. The summed E-state index contributed by atoms with van der Waals surface area (Å²) in [5.41, 5.74) is 5.48. The van der Waals surface area contributed by atoms with Crippen molar-refractivity contribution in [2.24, 2.45) is 17.1 Å². The highest BCUT2D eigenvalue weighted by molar-refractivity contribution is 7.89. The summed E-state index contributed by atoms with van der Waals surface area (Å²) in [4.78, 5) is 14.4. The molecule has 1 saturated carbocycles. The van der Waals surface area contributed by atoms with E-state index in [0.717, 1.165) is 32.1 Å². The van der Waals surface area contributed by atoms with Crippen LogP contribution in [0.25, 0.3) is 0 Å². The van der Waals surface area contributed by atoms with Gasteiger partial charge in [0.1, 0.15) is 0 Å². The summed E-state index contributed by atoms with van der Waals surface area (Å²) in [5, 5.41) is -0.491. The Morgan fingerprint density at radius 2 is 1.83 bits per heavy atom. The molecule has 0 aromatic carbocycles. The van der Waals surface area contributed by atoms with Crippen molar-refractivity contribution in [2.45, 2.75) is 57.6 Å². The molecule has 2 rings (SSSR count). The molecular weight excluding hydrogens is 326 g/mol. The predicted molar refractivity (Wildman–Crippen MR) is 95.9 cm³/mol. The number of carbonyl (C=O) groups is 1. The van der Waals surface area contributed by atoms with Crippen LogP contribution in [0.5, 0.6) is 0 Å². The Labute approximate surface area is 146 Å². The molecule has 1 saturated heterocycles. The summed E-state index contributed by atoms with van der Waals surface area (Å²) in [6.45, 7) is 5.80. The maximum Gasteiger partial charge on any atom is 0.225 e. The third-order valence-electron chi connectivity index (χ3n) is 5.45. The third-order valence-corrected chi connectivity index (χ3v) is 7.68. The number of likely N-dealkylation sites (tertiary alicyclic amines) is 1. The topological polar surface area (TPSA) is 83.7 Å². The van der Waals surface area contributed by atoms with Crippen LogP contribution < -0.4 is 5.73 Å². The largest absolute Gasteiger partial charge is 0.341 e. The molecule has 2 fully saturated rings. The molecule has 24 heavy (non-hydrogen) atoms. The lowest BCUT2D eigenvalue weighted by Crippen LogP contribution is -2.51. The summed E-state index contributed by atoms with van der Waals surface area (Å²) in [7, 11) is -1.78. The van der Waals surface area contributed by atoms with E-state index in [9.17, 15) is 13.2 Å². The first kappa shape index (κ1) is 19.7. The van der Waals surface area contributed by atoms with Crippen molar-refractivity contribution in [3.05, 3.63) is 0 Å². The third kappa shape index (κ3) is 4.49. The summed E-state index contributed by atoms with van der Waals surface area (Å²) in [6.07, 6.45) is 5.53. The zero-order valence-corrected chi connectivity index (χ0v) is 16.1. The lowest BCUT2D eigenvalue weighted by atomic mass is 9.94. The van der Waals surface area contributed by atoms with Crippen molar-refractivity contribution in [1.29, 1.82) is 0 Å². The van der Waals surface area contributed by atoms with E-state index in [1.54, 1.807) is 11.9 Å². The molecule has 1 heterocycles. The van der Waals surface area contributed by atoms with E-state index in [1.807, 2.05) is 13.8 Å². The van der Waals surface area contributed by atoms with Crippen molar-refractivity contribution in [2.75, 3.05) is 33.2 Å². The Morgan fingerprint density at radius 3 is 2.42 bits per heavy atom. The van der Waals surface area contributed by atoms with Gasteiger partial charge in [-0.1, -0.05) is 26.7 Å². The van der Waals surface area contributed by atoms with Crippen LogP contribution in [0, 0.1) is 11.3 Å². The fourth-order valence-corrected chi connectivity index (χ4v) is 5.70. The monoisotopic (exact) mass is 359 g/mol. The van der Waals surface area contributed by atoms with E-state index >= 15 is 0 Å². The van der Waals surface area contributed by atoms with E-state index in [2.05, 4.69) is 0 Å². The smallest absolute Gasteiger partial charge is 0.225 e. The molecule has 0 radical (unpaired) electrons. The minimum Gasteiger partial charge on any atom is -0.341 e. The summed E-state index contributed by atoms with van der Waals surface area (Å²) < 4.78 is 27.3. The maximum absolute atomic E-state index is 12.9. The van der Waals surface area contributed by atoms with Crippen LogP contribution in [-0.2, 0) is 14.8 Å². The van der Waals surface area contributed by atoms with Gasteiger partial charge in [0.05, 0.1) is 5.25 Å². The van der Waals surface area contributed by atoms with E-state index < -0.39 is 15.3 Å². The van der Waals surface area contributed by atoms with E-state index in [0.29, 0.717) is 32.6 Å². The summed E-state index contributed by atoms with van der Waals surface area (Å²) in [6, 6.07) is 0. The van der Waals surface area contributed by atoms with Crippen LogP contribution in [0.3, 0.4) is 0 Å². The molecule has 2 N–H and O–H groups in total. The second-order valence-electron chi connectivity index (χ2n) is 8.20. The Bertz CT molecular complexity index is 541. The first-order valence-electron chi connectivity index (χ1n) is 9.11. The molecule has 1 aliphatic carbocycles. The van der Waals surface area contributed by atoms with Gasteiger partial charge < -0.3 is 10.6 Å². The molecule has 0 aromatic heterocycles. The Morgan fingerprint density at radius 1 is 1.21 bits per heavy atom. The number of amides is 1. The highest BCUT2D eigenvalue weighted by Crippen LogP contribution is 2.29. The molecule has 7 heteroatoms. The summed E-state index contributed by atoms with van der Waals surface area (Å²) in [5.74, 6) is 0.276. The molecule has 0 spiro atoms. The average molecular weight is 360 g/mol. The van der Waals surface area contributed by atoms with Gasteiger partial charge >= 0.3 is 0 Å². The first-order chi connectivity index (χ1) is 11.2. The maximum atomic E-state index is 12.9. The van der Waals surface area contributed by atoms with Gasteiger partial charge in [0.2, 0.25) is 15.9 Å². The highest BCUT2D eigenvalue weighted by atomic mass is 32.2. The first-order valence-corrected chi connectivity index (χ1v) is 10.6. The Hall–Kier alpha value is -0.660. The number of nitrogens with zero attached hydrogens (tertiary/aromatic N) is 2. The van der Waals surface area contributed by atoms with Crippen molar-refractivity contribution in [3.8, 4) is 0 Å². The van der Waals surface area contributed by atoms with Crippen LogP contribution >= 0.6 is 0 Å². The van der Waals surface area contributed by atoms with Gasteiger partial charge in [-0.25, -0.2) is 12.7 Å². The minimum atomic E-state index is -3.41. The number of sulfonamides is 1. The molecular formula is C17H33N3O3S. The second-order valence-corrected chi connectivity index (χ2v) is 10.5. The molecule has 6 nitrogen and oxygen atoms in total. The van der Waals surface area contributed by atoms with Gasteiger partial charge in [0.15, 0.2) is 0 Å². The number of hydrogen-bond acceptors (Lipinski definition) is 4. The van der Waals surface area contributed by atoms with E-state index in [4.69, 9.17) is 5.73 Å². The van der Waals surface area contributed by atoms with Gasteiger partial charge in [0, 0.05) is 32.6 Å². The molecule has 0 aromatic rings. The molecule has 140 valence electrons. The highest BCUT2D eigenvalue weighted by Gasteiger charge is 2.38. The standard InChI is InChI=1S/C17H33N3O3S/c1-17(2,12-18)13-19(3)24(22,23)15-9-6-10-20(11-15)16(21)14-7-4-5-8-14/h14-15H,4-13,18H2,1-3H3. The van der Waals surface area contributed by atoms with Crippen LogP contribution in [0.4, 0.5) is 0 Å². The van der Waals surface area contributed by atoms with Crippen LogP contribution in [0.15, 0.2) is 0 Å². The minimum absolute atomic E-state index is 0.111. The van der Waals surface area contributed by atoms with E-state index in [1.165, 1.54) is 4.31 Å². The van der Waals surface area contributed by atoms with Gasteiger partial charge in [-0.15, -0.1) is 0 Å². The Balaban J connectivity index is 2.03. The predicted octanol–water partition coefficient (Wildman–Crippen LogP) is 1.41. The SMILES string of the molecule is CN(CC(C)(C)CN)S(=O)(=O)C1CCCN(C(=O)C2CCCC2)C1. The van der Waals surface area contributed by atoms with E-state index in [-0.39, 0.29) is 17.2 Å². The molecule has 0 bridgehead atoms. The van der Waals surface area contributed by atoms with Crippen molar-refractivity contribution < 1.29 is 13.2 Å². The molecule has 1 unspecified atom stereocenters. The van der Waals surface area contributed by atoms with Crippen LogP contribution in [0.2, 0.25) is 0 Å². The van der Waals surface area contributed by atoms with Gasteiger partial charge in [-0.3, -0.25) is 4.79 Å². The normalized spacial score (nSPS) is 23.9. The van der Waals surface area contributed by atoms with Crippen LogP contribution in [0.1, 0.15) is 52.4 Å². The number of nitrogens with two attached hydrogens (primary N) is 1. The number of hydrogen-bond donors (Lipinski definition) is 1. The number of carbonyl (C=O) groups excluding carboxylic acids is 1. The van der Waals surface area contributed by atoms with Gasteiger partial charge in [-0.05, 0) is 37.6 Å². The van der Waals surface area contributed by atoms with Crippen molar-refractivity contribution >= 4 is 15.9 Å². The molecule has 2 aliphatic rings. The average Bonchev–Trinajstić information content (AvgIpc) is 3.08. The fourth-order valence-electron chi connectivity index (χ4n) is 3.82. The quantitative estimate of drug-likeness (QED) is 0.777. The number of piperidine rings is 1. The number of rotatable bonds is 6. The van der Waals surface area contributed by atoms with Crippen molar-refractivity contribution in [1.82, 2.24) is 9.21 Å². The fraction of sp³-hybridized carbons (Fsp3) is 0.941. The lowest BCUT2D eigenvalue weighted by Gasteiger charge is -2.37. The molecule has 1 aliphatic heterocycles. The van der Waals surface area contributed by atoms with Crippen molar-refractivity contribution in [3.63, 3.8) is 0 Å². The van der Waals surface area contributed by atoms with Gasteiger partial charge in [-0.2, -0.15) is 0 Å². The van der Waals surface area contributed by atoms with Crippen LogP contribution in [-0.4, -0.2) is 62.0 Å². The zero-order chi connectivity index (χ0) is 18.0. The van der Waals surface area contributed by atoms with Gasteiger partial charge in [0.25, 0.3) is 0 Å². The second kappa shape index (κ2) is 7.70.